The molecule has 2 atom stereocenters. The second-order valence-corrected chi connectivity index (χ2v) is 9.69. The molecule has 7 nitrogen and oxygen atoms in total. The molecule has 1 aliphatic heterocycles. The van der Waals surface area contributed by atoms with E-state index in [2.05, 4.69) is 4.98 Å². The van der Waals surface area contributed by atoms with Gasteiger partial charge in [-0.15, -0.1) is 0 Å². The van der Waals surface area contributed by atoms with Gasteiger partial charge in [-0.05, 0) is 37.5 Å². The summed E-state index contributed by atoms with van der Waals surface area (Å²) in [6.07, 6.45) is 3.83. The lowest BCUT2D eigenvalue weighted by Gasteiger charge is -2.45. The van der Waals surface area contributed by atoms with Crippen LogP contribution in [0.3, 0.4) is 0 Å². The summed E-state index contributed by atoms with van der Waals surface area (Å²) in [5.41, 5.74) is 1.50. The molecule has 1 unspecified atom stereocenters. The molecule has 1 aromatic heterocycles. The first-order valence-electron chi connectivity index (χ1n) is 11.5. The molecular formula is C27H31N3O4. The van der Waals surface area contributed by atoms with Crippen LogP contribution in [0.4, 0.5) is 4.79 Å². The minimum Gasteiger partial charge on any atom is -0.438 e. The number of benzene rings is 2. The van der Waals surface area contributed by atoms with Crippen molar-refractivity contribution in [1.29, 1.82) is 0 Å². The Labute approximate surface area is 199 Å². The van der Waals surface area contributed by atoms with Gasteiger partial charge in [-0.2, -0.15) is 0 Å². The number of carbonyl (C=O) groups is 1. The second-order valence-electron chi connectivity index (χ2n) is 9.69. The lowest BCUT2D eigenvalue weighted by atomic mass is 9.80. The van der Waals surface area contributed by atoms with Gasteiger partial charge < -0.3 is 19.3 Å². The molecule has 0 spiro atoms. The summed E-state index contributed by atoms with van der Waals surface area (Å²) >= 11 is 0. The molecule has 1 N–H and O–H groups in total. The summed E-state index contributed by atoms with van der Waals surface area (Å²) in [7, 11) is 1.67. The Morgan fingerprint density at radius 3 is 2.35 bits per heavy atom. The lowest BCUT2D eigenvalue weighted by molar-refractivity contribution is -0.101. The van der Waals surface area contributed by atoms with E-state index in [9.17, 15) is 14.7 Å². The van der Waals surface area contributed by atoms with Crippen LogP contribution < -0.4 is 5.69 Å². The topological polar surface area (TPSA) is 84.7 Å². The van der Waals surface area contributed by atoms with Gasteiger partial charge in [-0.3, -0.25) is 0 Å². The third kappa shape index (κ3) is 4.89. The van der Waals surface area contributed by atoms with Crippen LogP contribution >= 0.6 is 0 Å². The van der Waals surface area contributed by atoms with E-state index in [0.717, 1.165) is 22.3 Å². The molecule has 7 heteroatoms. The summed E-state index contributed by atoms with van der Waals surface area (Å²) in [6.45, 7) is 5.97. The Kier molecular flexibility index (Phi) is 6.32. The Bertz CT molecular complexity index is 1220. The normalized spacial score (nSPS) is 19.6. The van der Waals surface area contributed by atoms with Crippen molar-refractivity contribution in [3.05, 3.63) is 88.6 Å². The van der Waals surface area contributed by atoms with Crippen molar-refractivity contribution in [2.75, 3.05) is 6.54 Å². The number of aryl methyl sites for hydroxylation is 1. The van der Waals surface area contributed by atoms with Crippen molar-refractivity contribution in [3.8, 4) is 11.1 Å². The van der Waals surface area contributed by atoms with E-state index in [-0.39, 0.29) is 11.7 Å². The molecule has 0 aliphatic carbocycles. The highest BCUT2D eigenvalue weighted by Crippen LogP contribution is 2.42. The largest absolute Gasteiger partial charge is 0.438 e. The summed E-state index contributed by atoms with van der Waals surface area (Å²) < 4.78 is 7.54. The number of amides is 1. The molecule has 0 radical (unpaired) electrons. The second kappa shape index (κ2) is 9.06. The maximum atomic E-state index is 13.2. The molecule has 1 fully saturated rings. The number of hydrogen-bond acceptors (Lipinski definition) is 5. The molecule has 1 saturated heterocycles. The number of hydrogen-bond donors (Lipinski definition) is 1. The average Bonchev–Trinajstić information content (AvgIpc) is 2.80. The summed E-state index contributed by atoms with van der Waals surface area (Å²) in [5, 5.41) is 10.6. The molecule has 2 heterocycles. The predicted molar refractivity (Wildman–Crippen MR) is 130 cm³/mol. The molecule has 0 saturated carbocycles. The van der Waals surface area contributed by atoms with Crippen molar-refractivity contribution in [3.63, 3.8) is 0 Å². The van der Waals surface area contributed by atoms with Crippen LogP contribution in [-0.4, -0.2) is 37.8 Å². The maximum Gasteiger partial charge on any atom is 0.411 e. The van der Waals surface area contributed by atoms with Crippen molar-refractivity contribution < 1.29 is 14.6 Å². The predicted octanol–water partition coefficient (Wildman–Crippen LogP) is 4.41. The zero-order valence-corrected chi connectivity index (χ0v) is 20.1. The van der Waals surface area contributed by atoms with Crippen LogP contribution in [0.5, 0.6) is 0 Å². The molecule has 178 valence electrons. The van der Waals surface area contributed by atoms with Crippen LogP contribution in [0.15, 0.2) is 71.8 Å². The van der Waals surface area contributed by atoms with Crippen LogP contribution in [0, 0.1) is 0 Å². The number of carbonyl (C=O) groups excluding carboxylic acids is 1. The van der Waals surface area contributed by atoms with Gasteiger partial charge in [0.2, 0.25) is 0 Å². The first kappa shape index (κ1) is 23.7. The van der Waals surface area contributed by atoms with Crippen molar-refractivity contribution in [2.24, 2.45) is 7.05 Å². The van der Waals surface area contributed by atoms with Gasteiger partial charge in [-0.25, -0.2) is 14.6 Å². The molecule has 34 heavy (non-hydrogen) atoms. The van der Waals surface area contributed by atoms with E-state index >= 15 is 0 Å². The lowest BCUT2D eigenvalue weighted by Crippen LogP contribution is -2.51. The molecule has 3 aromatic rings. The van der Waals surface area contributed by atoms with Crippen LogP contribution in [-0.2, 0) is 17.4 Å². The highest BCUT2D eigenvalue weighted by Gasteiger charge is 2.46. The van der Waals surface area contributed by atoms with Gasteiger partial charge in [0.15, 0.2) is 0 Å². The quantitative estimate of drug-likeness (QED) is 0.588. The zero-order chi connectivity index (χ0) is 24.5. The summed E-state index contributed by atoms with van der Waals surface area (Å²) in [6, 6.07) is 17.4. The number of nitrogens with zero attached hydrogens (tertiary/aromatic N) is 3. The van der Waals surface area contributed by atoms with E-state index in [0.29, 0.717) is 19.4 Å². The van der Waals surface area contributed by atoms with E-state index in [1.165, 1.54) is 4.57 Å². The minimum absolute atomic E-state index is 0.185. The average molecular weight is 462 g/mol. The first-order valence-corrected chi connectivity index (χ1v) is 11.5. The Balaban J connectivity index is 1.54. The van der Waals surface area contributed by atoms with Crippen molar-refractivity contribution in [2.45, 2.75) is 50.9 Å². The Hall–Kier alpha value is -3.45. The third-order valence-electron chi connectivity index (χ3n) is 6.43. The van der Waals surface area contributed by atoms with Gasteiger partial charge >= 0.3 is 11.8 Å². The highest BCUT2D eigenvalue weighted by molar-refractivity contribution is 5.70. The number of aromatic nitrogens is 2. The van der Waals surface area contributed by atoms with Gasteiger partial charge in [0, 0.05) is 44.4 Å². The van der Waals surface area contributed by atoms with Crippen LogP contribution in [0.25, 0.3) is 11.1 Å². The fraction of sp³-hybridized carbons (Fsp3) is 0.370. The van der Waals surface area contributed by atoms with E-state index in [1.807, 2.05) is 61.5 Å². The standard InChI is InChI=1S/C27H31N3O4/c1-19(20-10-12-21(13-11-20)22-16-28-24(31)29(4)17-22)30-15-14-27(34-25(30)32,18-26(2,3)33)23-8-6-5-7-9-23/h5-13,16-17,19,33H,14-15,18H2,1-4H3/t19-,27?/m0/s1. The molecule has 2 aromatic carbocycles. The fourth-order valence-corrected chi connectivity index (χ4v) is 4.69. The summed E-state index contributed by atoms with van der Waals surface area (Å²) in [4.78, 5) is 30.4. The van der Waals surface area contributed by atoms with Gasteiger partial charge in [0.25, 0.3) is 0 Å². The Morgan fingerprint density at radius 2 is 1.76 bits per heavy atom. The molecule has 1 amide bonds. The first-order chi connectivity index (χ1) is 16.1. The maximum absolute atomic E-state index is 13.2. The van der Waals surface area contributed by atoms with Gasteiger partial charge in [0.05, 0.1) is 11.6 Å². The zero-order valence-electron chi connectivity index (χ0n) is 20.1. The molecule has 1 aliphatic rings. The SMILES string of the molecule is C[C@@H](c1ccc(-c2cnc(=O)n(C)c2)cc1)N1CCC(CC(C)(C)O)(c2ccccc2)OC1=O. The molecule has 4 rings (SSSR count). The number of rotatable bonds is 6. The number of aliphatic hydroxyl groups is 1. The van der Waals surface area contributed by atoms with Crippen molar-refractivity contribution >= 4 is 6.09 Å². The van der Waals surface area contributed by atoms with E-state index in [4.69, 9.17) is 4.74 Å². The molecule has 0 bridgehead atoms. The van der Waals surface area contributed by atoms with E-state index in [1.54, 1.807) is 38.2 Å². The number of cyclic esters (lactones) is 1. The Morgan fingerprint density at radius 1 is 1.09 bits per heavy atom. The monoisotopic (exact) mass is 461 g/mol. The third-order valence-corrected chi connectivity index (χ3v) is 6.43. The fourth-order valence-electron chi connectivity index (χ4n) is 4.69. The van der Waals surface area contributed by atoms with Gasteiger partial charge in [-0.1, -0.05) is 54.6 Å². The minimum atomic E-state index is -0.991. The smallest absolute Gasteiger partial charge is 0.411 e. The number of ether oxygens (including phenoxy) is 1. The summed E-state index contributed by atoms with van der Waals surface area (Å²) in [5.74, 6) is 0. The van der Waals surface area contributed by atoms with Crippen LogP contribution in [0.2, 0.25) is 0 Å². The van der Waals surface area contributed by atoms with Crippen LogP contribution in [0.1, 0.15) is 50.8 Å². The van der Waals surface area contributed by atoms with Crippen molar-refractivity contribution in [1.82, 2.24) is 14.5 Å². The molecular weight excluding hydrogens is 430 g/mol. The van der Waals surface area contributed by atoms with E-state index < -0.39 is 17.3 Å². The van der Waals surface area contributed by atoms with Gasteiger partial charge in [0.1, 0.15) is 5.60 Å². The highest BCUT2D eigenvalue weighted by atomic mass is 16.6.